The first kappa shape index (κ1) is 11.3. The minimum absolute atomic E-state index is 0.0650. The quantitative estimate of drug-likeness (QED) is 0.793. The second-order valence-corrected chi connectivity index (χ2v) is 4.13. The van der Waals surface area contributed by atoms with Gasteiger partial charge < -0.3 is 0 Å². The van der Waals surface area contributed by atoms with Crippen LogP contribution in [0.25, 0.3) is 0 Å². The van der Waals surface area contributed by atoms with E-state index in [1.807, 2.05) is 0 Å². The smallest absolute Gasteiger partial charge is 0.261 e. The van der Waals surface area contributed by atoms with Gasteiger partial charge in [-0.25, -0.2) is 4.99 Å². The van der Waals surface area contributed by atoms with Crippen molar-refractivity contribution in [2.24, 2.45) is 10.1 Å². The summed E-state index contributed by atoms with van der Waals surface area (Å²) in [6.45, 7) is 3.78. The molecule has 0 aromatic heterocycles. The molecule has 2 aliphatic heterocycles. The first-order chi connectivity index (χ1) is 9.18. The SMILES string of the molecule is C=C1N=CNN=C1CN1C(=O)c2ccccc2C1=O. The maximum atomic E-state index is 12.1. The first-order valence-corrected chi connectivity index (χ1v) is 5.67. The van der Waals surface area contributed by atoms with Gasteiger partial charge in [0, 0.05) is 0 Å². The number of rotatable bonds is 2. The van der Waals surface area contributed by atoms with E-state index in [1.54, 1.807) is 24.3 Å². The van der Waals surface area contributed by atoms with E-state index in [0.717, 1.165) is 4.90 Å². The van der Waals surface area contributed by atoms with Crippen molar-refractivity contribution in [1.29, 1.82) is 0 Å². The molecule has 6 nitrogen and oxygen atoms in total. The molecule has 0 unspecified atom stereocenters. The number of hydrogen-bond acceptors (Lipinski definition) is 5. The van der Waals surface area contributed by atoms with Crippen molar-refractivity contribution in [3.05, 3.63) is 47.7 Å². The molecule has 0 radical (unpaired) electrons. The molecule has 0 saturated carbocycles. The molecule has 1 aromatic rings. The van der Waals surface area contributed by atoms with Gasteiger partial charge in [-0.3, -0.25) is 19.9 Å². The van der Waals surface area contributed by atoms with Crippen LogP contribution in [-0.2, 0) is 0 Å². The summed E-state index contributed by atoms with van der Waals surface area (Å²) in [5, 5.41) is 3.98. The van der Waals surface area contributed by atoms with Crippen molar-refractivity contribution >= 4 is 23.9 Å². The Kier molecular flexibility index (Phi) is 2.49. The third-order valence-electron chi connectivity index (χ3n) is 3.00. The molecular formula is C13H10N4O2. The van der Waals surface area contributed by atoms with E-state index in [0.29, 0.717) is 22.5 Å². The van der Waals surface area contributed by atoms with Crippen molar-refractivity contribution < 1.29 is 9.59 Å². The highest BCUT2D eigenvalue weighted by Crippen LogP contribution is 2.22. The standard InChI is InChI=1S/C13H10N4O2/c1-8-11(16-15-7-14-8)6-17-12(18)9-4-2-3-5-10(9)13(17)19/h2-5,7H,1,6H2,(H,14,15). The molecule has 0 saturated heterocycles. The third kappa shape index (κ3) is 1.74. The highest BCUT2D eigenvalue weighted by Gasteiger charge is 2.36. The number of imide groups is 1. The van der Waals surface area contributed by atoms with Gasteiger partial charge in [0.1, 0.15) is 12.1 Å². The highest BCUT2D eigenvalue weighted by atomic mass is 16.2. The number of hydrogen-bond donors (Lipinski definition) is 1. The number of nitrogens with zero attached hydrogens (tertiary/aromatic N) is 3. The zero-order valence-electron chi connectivity index (χ0n) is 9.96. The molecule has 1 N–H and O–H groups in total. The second-order valence-electron chi connectivity index (χ2n) is 4.13. The topological polar surface area (TPSA) is 74.1 Å². The second kappa shape index (κ2) is 4.16. The van der Waals surface area contributed by atoms with Crippen LogP contribution in [0.1, 0.15) is 20.7 Å². The number of fused-ring (bicyclic) bond motifs is 1. The predicted molar refractivity (Wildman–Crippen MR) is 70.0 cm³/mol. The molecule has 94 valence electrons. The van der Waals surface area contributed by atoms with E-state index in [2.05, 4.69) is 22.1 Å². The van der Waals surface area contributed by atoms with Crippen LogP contribution in [0.15, 0.2) is 46.6 Å². The zero-order valence-corrected chi connectivity index (χ0v) is 9.96. The zero-order chi connectivity index (χ0) is 13.4. The molecule has 6 heteroatoms. The first-order valence-electron chi connectivity index (χ1n) is 5.67. The van der Waals surface area contributed by atoms with Crippen molar-refractivity contribution in [2.75, 3.05) is 6.54 Å². The molecule has 0 bridgehead atoms. The highest BCUT2D eigenvalue weighted by molar-refractivity contribution is 6.23. The minimum atomic E-state index is -0.314. The lowest BCUT2D eigenvalue weighted by Gasteiger charge is -2.16. The summed E-state index contributed by atoms with van der Waals surface area (Å²) in [5.41, 5.74) is 4.33. The number of carbonyl (C=O) groups excluding carboxylic acids is 2. The Hall–Kier alpha value is -2.76. The van der Waals surface area contributed by atoms with Crippen LogP contribution in [-0.4, -0.2) is 35.3 Å². The van der Waals surface area contributed by atoms with Gasteiger partial charge in [-0.2, -0.15) is 5.10 Å². The minimum Gasteiger partial charge on any atom is -0.269 e. The van der Waals surface area contributed by atoms with Crippen LogP contribution in [0.2, 0.25) is 0 Å². The van der Waals surface area contributed by atoms with Gasteiger partial charge in [0.05, 0.1) is 23.4 Å². The molecule has 2 aliphatic rings. The van der Waals surface area contributed by atoms with Crippen LogP contribution in [0.3, 0.4) is 0 Å². The number of carbonyl (C=O) groups is 2. The number of amides is 2. The molecule has 0 aliphatic carbocycles. The van der Waals surface area contributed by atoms with Crippen LogP contribution in [0, 0.1) is 0 Å². The normalized spacial score (nSPS) is 17.4. The van der Waals surface area contributed by atoms with Gasteiger partial charge in [0.2, 0.25) is 0 Å². The van der Waals surface area contributed by atoms with Gasteiger partial charge >= 0.3 is 0 Å². The van der Waals surface area contributed by atoms with E-state index >= 15 is 0 Å². The van der Waals surface area contributed by atoms with E-state index in [-0.39, 0.29) is 18.4 Å². The predicted octanol–water partition coefficient (Wildman–Crippen LogP) is 0.784. The van der Waals surface area contributed by atoms with Gasteiger partial charge in [-0.15, -0.1) is 0 Å². The Morgan fingerprint density at radius 1 is 1.16 bits per heavy atom. The lowest BCUT2D eigenvalue weighted by molar-refractivity contribution is 0.0677. The van der Waals surface area contributed by atoms with Crippen molar-refractivity contribution in [2.45, 2.75) is 0 Å². The van der Waals surface area contributed by atoms with E-state index in [1.165, 1.54) is 6.34 Å². The average molecular weight is 254 g/mol. The Morgan fingerprint density at radius 2 is 1.79 bits per heavy atom. The van der Waals surface area contributed by atoms with Crippen molar-refractivity contribution in [3.63, 3.8) is 0 Å². The summed E-state index contributed by atoms with van der Waals surface area (Å²) in [6, 6.07) is 6.75. The van der Waals surface area contributed by atoms with Crippen LogP contribution in [0.5, 0.6) is 0 Å². The maximum Gasteiger partial charge on any atom is 0.261 e. The molecule has 1 aromatic carbocycles. The Balaban J connectivity index is 1.89. The molecular weight excluding hydrogens is 244 g/mol. The molecule has 2 heterocycles. The summed E-state index contributed by atoms with van der Waals surface area (Å²) in [7, 11) is 0. The Morgan fingerprint density at radius 3 is 2.37 bits per heavy atom. The summed E-state index contributed by atoms with van der Waals surface area (Å²) in [5.74, 6) is -0.628. The molecule has 2 amide bonds. The molecule has 0 atom stereocenters. The fourth-order valence-electron chi connectivity index (χ4n) is 2.01. The average Bonchev–Trinajstić information content (AvgIpc) is 2.67. The molecule has 0 spiro atoms. The number of aliphatic imine (C=N–C) groups is 1. The fourth-order valence-corrected chi connectivity index (χ4v) is 2.01. The van der Waals surface area contributed by atoms with Crippen LogP contribution >= 0.6 is 0 Å². The Bertz CT molecular complexity index is 625. The molecule has 19 heavy (non-hydrogen) atoms. The van der Waals surface area contributed by atoms with Gasteiger partial charge in [0.25, 0.3) is 11.8 Å². The lowest BCUT2D eigenvalue weighted by atomic mass is 10.1. The summed E-state index contributed by atoms with van der Waals surface area (Å²) in [6.07, 6.45) is 1.40. The number of nitrogens with one attached hydrogen (secondary N) is 1. The van der Waals surface area contributed by atoms with Crippen LogP contribution in [0.4, 0.5) is 0 Å². The van der Waals surface area contributed by atoms with Gasteiger partial charge in [0.15, 0.2) is 0 Å². The monoisotopic (exact) mass is 254 g/mol. The molecule has 3 rings (SSSR count). The Labute approximate surface area is 109 Å². The van der Waals surface area contributed by atoms with E-state index in [4.69, 9.17) is 0 Å². The summed E-state index contributed by atoms with van der Waals surface area (Å²) < 4.78 is 0. The van der Waals surface area contributed by atoms with E-state index in [9.17, 15) is 9.59 Å². The van der Waals surface area contributed by atoms with E-state index < -0.39 is 0 Å². The third-order valence-corrected chi connectivity index (χ3v) is 3.00. The van der Waals surface area contributed by atoms with Crippen LogP contribution < -0.4 is 5.43 Å². The lowest BCUT2D eigenvalue weighted by Crippen LogP contribution is -2.36. The number of hydrazone groups is 1. The van der Waals surface area contributed by atoms with Gasteiger partial charge in [-0.1, -0.05) is 18.7 Å². The maximum absolute atomic E-state index is 12.1. The largest absolute Gasteiger partial charge is 0.269 e. The van der Waals surface area contributed by atoms with Crippen molar-refractivity contribution in [1.82, 2.24) is 10.3 Å². The van der Waals surface area contributed by atoms with Gasteiger partial charge in [-0.05, 0) is 12.1 Å². The van der Waals surface area contributed by atoms with Crippen molar-refractivity contribution in [3.8, 4) is 0 Å². The molecule has 0 fully saturated rings. The number of benzene rings is 1. The summed E-state index contributed by atoms with van der Waals surface area (Å²) in [4.78, 5) is 29.4. The fraction of sp³-hybridized carbons (Fsp3) is 0.0769. The summed E-state index contributed by atoms with van der Waals surface area (Å²) >= 11 is 0.